The lowest BCUT2D eigenvalue weighted by Crippen LogP contribution is -2.42. The number of carbonyl (C=O) groups is 2. The van der Waals surface area contributed by atoms with Gasteiger partial charge in [0, 0.05) is 37.0 Å². The first-order valence-corrected chi connectivity index (χ1v) is 13.6. The van der Waals surface area contributed by atoms with Gasteiger partial charge in [-0.05, 0) is 72.1 Å². The number of hydrogen-bond donors (Lipinski definition) is 1. The molecule has 0 bridgehead atoms. The number of amides is 2. The molecule has 9 heteroatoms. The summed E-state index contributed by atoms with van der Waals surface area (Å²) in [6, 6.07) is 28.9. The van der Waals surface area contributed by atoms with E-state index in [1.54, 1.807) is 33.8 Å². The first-order valence-electron chi connectivity index (χ1n) is 13.3. The van der Waals surface area contributed by atoms with Gasteiger partial charge in [-0.2, -0.15) is 0 Å². The van der Waals surface area contributed by atoms with E-state index >= 15 is 0 Å². The number of para-hydroxylation sites is 1. The number of aromatic nitrogens is 3. The molecule has 0 aliphatic rings. The molecule has 1 aromatic heterocycles. The van der Waals surface area contributed by atoms with Gasteiger partial charge in [-0.15, -0.1) is 5.10 Å². The second-order valence-electron chi connectivity index (χ2n) is 10.1. The van der Waals surface area contributed by atoms with Gasteiger partial charge in [0.1, 0.15) is 18.1 Å². The van der Waals surface area contributed by atoms with E-state index in [-0.39, 0.29) is 24.9 Å². The highest BCUT2D eigenvalue weighted by Gasteiger charge is 2.32. The van der Waals surface area contributed by atoms with Gasteiger partial charge in [-0.25, -0.2) is 4.68 Å². The maximum Gasteiger partial charge on any atom is 0.251 e. The van der Waals surface area contributed by atoms with Crippen molar-refractivity contribution < 1.29 is 9.59 Å². The molecule has 1 heterocycles. The Morgan fingerprint density at radius 2 is 1.59 bits per heavy atom. The van der Waals surface area contributed by atoms with Crippen LogP contribution in [0.4, 0.5) is 11.4 Å². The highest BCUT2D eigenvalue weighted by Crippen LogP contribution is 2.28. The van der Waals surface area contributed by atoms with E-state index in [1.165, 1.54) is 0 Å². The average molecular weight is 567 g/mol. The second kappa shape index (κ2) is 12.2. The largest absolute Gasteiger partial charge is 0.378 e. The SMILES string of the molecule is Cc1ccccc1CN(C(=O)Cn1nnc2ccccc21)[C@H](C(=O)Nc1ccc(N(C)C)cc1)c1ccc(Cl)cc1. The van der Waals surface area contributed by atoms with Crippen molar-refractivity contribution in [1.29, 1.82) is 0 Å². The molecule has 0 saturated heterocycles. The van der Waals surface area contributed by atoms with Crippen LogP contribution < -0.4 is 10.2 Å². The lowest BCUT2D eigenvalue weighted by Gasteiger charge is -2.32. The van der Waals surface area contributed by atoms with Crippen molar-refractivity contribution in [2.24, 2.45) is 0 Å². The average Bonchev–Trinajstić information content (AvgIpc) is 3.37. The van der Waals surface area contributed by atoms with Gasteiger partial charge in [-0.3, -0.25) is 9.59 Å². The van der Waals surface area contributed by atoms with Gasteiger partial charge in [-0.1, -0.05) is 65.3 Å². The van der Waals surface area contributed by atoms with Gasteiger partial charge in [0.05, 0.1) is 5.52 Å². The predicted octanol–water partition coefficient (Wildman–Crippen LogP) is 5.87. The Morgan fingerprint density at radius 3 is 2.29 bits per heavy atom. The highest BCUT2D eigenvalue weighted by atomic mass is 35.5. The van der Waals surface area contributed by atoms with Crippen LogP contribution in [0.5, 0.6) is 0 Å². The Bertz CT molecular complexity index is 1660. The van der Waals surface area contributed by atoms with Crippen LogP contribution in [-0.2, 0) is 22.7 Å². The molecule has 2 amide bonds. The minimum Gasteiger partial charge on any atom is -0.378 e. The maximum atomic E-state index is 14.2. The standard InChI is InChI=1S/C32H31ClN6O2/c1-22-8-4-5-9-24(22)20-38(30(40)21-39-29-11-7-6-10-28(29)35-36-39)31(23-12-14-25(33)15-13-23)32(41)34-26-16-18-27(19-17-26)37(2)3/h4-19,31H,20-21H2,1-3H3,(H,34,41)/t31-/m0/s1. The Labute approximate surface area is 244 Å². The molecular weight excluding hydrogens is 536 g/mol. The second-order valence-corrected chi connectivity index (χ2v) is 10.5. The van der Waals surface area contributed by atoms with E-state index < -0.39 is 6.04 Å². The zero-order chi connectivity index (χ0) is 28.9. The van der Waals surface area contributed by atoms with Crippen molar-refractivity contribution >= 4 is 45.8 Å². The van der Waals surface area contributed by atoms with Gasteiger partial charge in [0.2, 0.25) is 5.91 Å². The molecule has 1 N–H and O–H groups in total. The summed E-state index contributed by atoms with van der Waals surface area (Å²) in [5, 5.41) is 12.0. The summed E-state index contributed by atoms with van der Waals surface area (Å²) >= 11 is 6.21. The van der Waals surface area contributed by atoms with Crippen LogP contribution in [0.2, 0.25) is 5.02 Å². The number of aryl methyl sites for hydroxylation is 1. The number of hydrogen-bond acceptors (Lipinski definition) is 5. The van der Waals surface area contributed by atoms with Crippen molar-refractivity contribution in [3.8, 4) is 0 Å². The number of rotatable bonds is 9. The van der Waals surface area contributed by atoms with Crippen molar-refractivity contribution in [3.63, 3.8) is 0 Å². The molecule has 0 saturated carbocycles. The summed E-state index contributed by atoms with van der Waals surface area (Å²) in [6.45, 7) is 2.13. The summed E-state index contributed by atoms with van der Waals surface area (Å²) in [5.41, 5.74) is 5.67. The van der Waals surface area contributed by atoms with Crippen molar-refractivity contribution in [1.82, 2.24) is 19.9 Å². The van der Waals surface area contributed by atoms with E-state index in [4.69, 9.17) is 11.6 Å². The Kier molecular flexibility index (Phi) is 8.31. The number of halogens is 1. The fraction of sp³-hybridized carbons (Fsp3) is 0.188. The quantitative estimate of drug-likeness (QED) is 0.241. The van der Waals surface area contributed by atoms with Gasteiger partial charge >= 0.3 is 0 Å². The molecule has 1 atom stereocenters. The molecule has 0 spiro atoms. The lowest BCUT2D eigenvalue weighted by molar-refractivity contribution is -0.140. The zero-order valence-corrected chi connectivity index (χ0v) is 23.9. The van der Waals surface area contributed by atoms with Crippen LogP contribution in [0.3, 0.4) is 0 Å². The number of fused-ring (bicyclic) bond motifs is 1. The van der Waals surface area contributed by atoms with E-state index in [2.05, 4.69) is 15.6 Å². The monoisotopic (exact) mass is 566 g/mol. The summed E-state index contributed by atoms with van der Waals surface area (Å²) in [6.07, 6.45) is 0. The number of nitrogens with one attached hydrogen (secondary N) is 1. The fourth-order valence-electron chi connectivity index (χ4n) is 4.72. The van der Waals surface area contributed by atoms with Gasteiger partial charge in [0.15, 0.2) is 0 Å². The Hall–Kier alpha value is -4.69. The van der Waals surface area contributed by atoms with Gasteiger partial charge in [0.25, 0.3) is 5.91 Å². The summed E-state index contributed by atoms with van der Waals surface area (Å²) < 4.78 is 1.57. The molecule has 0 aliphatic heterocycles. The topological polar surface area (TPSA) is 83.4 Å². The molecule has 0 unspecified atom stereocenters. The van der Waals surface area contributed by atoms with Crippen LogP contribution in [0.25, 0.3) is 11.0 Å². The molecule has 5 aromatic rings. The minimum atomic E-state index is -0.942. The molecule has 4 aromatic carbocycles. The summed E-state index contributed by atoms with van der Waals surface area (Å²) in [5.74, 6) is -0.614. The third-order valence-electron chi connectivity index (χ3n) is 7.02. The van der Waals surface area contributed by atoms with Crippen LogP contribution >= 0.6 is 11.6 Å². The number of carbonyl (C=O) groups excluding carboxylic acids is 2. The molecule has 208 valence electrons. The molecule has 0 fully saturated rings. The van der Waals surface area contributed by atoms with E-state index in [0.717, 1.165) is 22.3 Å². The first kappa shape index (κ1) is 27.9. The molecular formula is C32H31ClN6O2. The third kappa shape index (κ3) is 6.39. The van der Waals surface area contributed by atoms with Crippen molar-refractivity contribution in [3.05, 3.63) is 119 Å². The van der Waals surface area contributed by atoms with Crippen LogP contribution in [0.1, 0.15) is 22.7 Å². The molecule has 8 nitrogen and oxygen atoms in total. The smallest absolute Gasteiger partial charge is 0.251 e. The first-order chi connectivity index (χ1) is 19.8. The van der Waals surface area contributed by atoms with Crippen molar-refractivity contribution in [2.75, 3.05) is 24.3 Å². The van der Waals surface area contributed by atoms with E-state index in [1.807, 2.05) is 98.7 Å². The molecule has 5 rings (SSSR count). The van der Waals surface area contributed by atoms with Crippen LogP contribution in [0, 0.1) is 6.92 Å². The normalized spacial score (nSPS) is 11.7. The lowest BCUT2D eigenvalue weighted by atomic mass is 10.0. The predicted molar refractivity (Wildman–Crippen MR) is 163 cm³/mol. The number of anilines is 2. The Balaban J connectivity index is 1.54. The highest BCUT2D eigenvalue weighted by molar-refractivity contribution is 6.30. The summed E-state index contributed by atoms with van der Waals surface area (Å²) in [4.78, 5) is 31.8. The molecule has 41 heavy (non-hydrogen) atoms. The number of nitrogens with zero attached hydrogens (tertiary/aromatic N) is 5. The van der Waals surface area contributed by atoms with Crippen molar-refractivity contribution in [2.45, 2.75) is 26.1 Å². The minimum absolute atomic E-state index is 0.0820. The maximum absolute atomic E-state index is 14.2. The van der Waals surface area contributed by atoms with E-state index in [0.29, 0.717) is 21.8 Å². The number of benzene rings is 4. The van der Waals surface area contributed by atoms with Crippen LogP contribution in [0.15, 0.2) is 97.1 Å². The molecule has 0 aliphatic carbocycles. The summed E-state index contributed by atoms with van der Waals surface area (Å²) in [7, 11) is 3.91. The van der Waals surface area contributed by atoms with E-state index in [9.17, 15) is 9.59 Å². The van der Waals surface area contributed by atoms with Gasteiger partial charge < -0.3 is 15.1 Å². The third-order valence-corrected chi connectivity index (χ3v) is 7.28. The zero-order valence-electron chi connectivity index (χ0n) is 23.2. The fourth-order valence-corrected chi connectivity index (χ4v) is 4.84. The molecule has 0 radical (unpaired) electrons. The van der Waals surface area contributed by atoms with Crippen LogP contribution in [-0.4, -0.2) is 45.8 Å². The Morgan fingerprint density at radius 1 is 0.902 bits per heavy atom.